The van der Waals surface area contributed by atoms with E-state index in [0.717, 1.165) is 0 Å². The van der Waals surface area contributed by atoms with Gasteiger partial charge >= 0.3 is 5.97 Å². The Kier molecular flexibility index (Phi) is 4.35. The van der Waals surface area contributed by atoms with Crippen molar-refractivity contribution in [3.8, 4) is 0 Å². The van der Waals surface area contributed by atoms with E-state index in [9.17, 15) is 18.7 Å². The molecule has 0 amide bonds. The number of aliphatic carboxylic acids is 1. The fraction of sp³-hybridized carbons (Fsp3) is 0.133. The number of hydrogen-bond donors (Lipinski definition) is 1. The fourth-order valence-electron chi connectivity index (χ4n) is 1.96. The summed E-state index contributed by atoms with van der Waals surface area (Å²) in [6.07, 6.45) is -0.0483. The summed E-state index contributed by atoms with van der Waals surface area (Å²) in [6.45, 7) is 0. The highest BCUT2D eigenvalue weighted by Gasteiger charge is 2.22. The molecule has 0 aliphatic carbocycles. The Hall–Kier alpha value is -1.94. The standard InChI is InChI=1S/C15H11ClF2O2/c16-11-3-6-14(18)10(7-11)8-13(15(19)20)9-1-4-12(17)5-2-9/h1-7,13H,8H2,(H,19,20). The van der Waals surface area contributed by atoms with Gasteiger partial charge < -0.3 is 5.11 Å². The topological polar surface area (TPSA) is 37.3 Å². The minimum absolute atomic E-state index is 0.0483. The highest BCUT2D eigenvalue weighted by atomic mass is 35.5. The SMILES string of the molecule is O=C(O)C(Cc1cc(Cl)ccc1F)c1ccc(F)cc1. The summed E-state index contributed by atoms with van der Waals surface area (Å²) in [5.41, 5.74) is 0.632. The number of carboxylic acids is 1. The van der Waals surface area contributed by atoms with E-state index in [1.165, 1.54) is 42.5 Å². The Morgan fingerprint density at radius 3 is 2.40 bits per heavy atom. The van der Waals surface area contributed by atoms with Crippen LogP contribution >= 0.6 is 11.6 Å². The van der Waals surface area contributed by atoms with Gasteiger partial charge in [0.25, 0.3) is 0 Å². The Morgan fingerprint density at radius 1 is 1.15 bits per heavy atom. The average molecular weight is 297 g/mol. The van der Waals surface area contributed by atoms with Gasteiger partial charge in [0.1, 0.15) is 11.6 Å². The van der Waals surface area contributed by atoms with Crippen molar-refractivity contribution < 1.29 is 18.7 Å². The lowest BCUT2D eigenvalue weighted by Crippen LogP contribution is -2.15. The molecule has 1 unspecified atom stereocenters. The number of halogens is 3. The van der Waals surface area contributed by atoms with Crippen molar-refractivity contribution in [1.29, 1.82) is 0 Å². The van der Waals surface area contributed by atoms with Gasteiger partial charge in [-0.1, -0.05) is 23.7 Å². The van der Waals surface area contributed by atoms with Crippen LogP contribution in [0.5, 0.6) is 0 Å². The molecule has 0 saturated carbocycles. The number of carboxylic acid groups (broad SMARTS) is 1. The van der Waals surface area contributed by atoms with Crippen molar-refractivity contribution in [3.63, 3.8) is 0 Å². The highest BCUT2D eigenvalue weighted by molar-refractivity contribution is 6.30. The van der Waals surface area contributed by atoms with Crippen LogP contribution < -0.4 is 0 Å². The van der Waals surface area contributed by atoms with Crippen LogP contribution in [0.2, 0.25) is 5.02 Å². The number of carbonyl (C=O) groups is 1. The molecule has 20 heavy (non-hydrogen) atoms. The molecule has 0 aliphatic heterocycles. The average Bonchev–Trinajstić information content (AvgIpc) is 2.40. The second-order valence-corrected chi connectivity index (χ2v) is 4.82. The van der Waals surface area contributed by atoms with Crippen LogP contribution in [0.4, 0.5) is 8.78 Å². The van der Waals surface area contributed by atoms with Gasteiger partial charge in [0.15, 0.2) is 0 Å². The minimum atomic E-state index is -1.10. The Balaban J connectivity index is 2.32. The summed E-state index contributed by atoms with van der Waals surface area (Å²) < 4.78 is 26.5. The van der Waals surface area contributed by atoms with Crippen molar-refractivity contribution in [1.82, 2.24) is 0 Å². The van der Waals surface area contributed by atoms with Crippen LogP contribution in [0.25, 0.3) is 0 Å². The molecule has 1 N–H and O–H groups in total. The third-order valence-corrected chi connectivity index (χ3v) is 3.24. The zero-order valence-electron chi connectivity index (χ0n) is 10.3. The maximum Gasteiger partial charge on any atom is 0.311 e. The van der Waals surface area contributed by atoms with Crippen LogP contribution in [0.1, 0.15) is 17.0 Å². The van der Waals surface area contributed by atoms with Crippen molar-refractivity contribution in [3.05, 3.63) is 70.2 Å². The van der Waals surface area contributed by atoms with E-state index in [0.29, 0.717) is 10.6 Å². The molecule has 0 spiro atoms. The van der Waals surface area contributed by atoms with Crippen LogP contribution in [0, 0.1) is 11.6 Å². The van der Waals surface area contributed by atoms with E-state index < -0.39 is 23.5 Å². The zero-order chi connectivity index (χ0) is 14.7. The predicted octanol–water partition coefficient (Wildman–Crippen LogP) is 4.03. The van der Waals surface area contributed by atoms with Crippen LogP contribution in [0.15, 0.2) is 42.5 Å². The van der Waals surface area contributed by atoms with Gasteiger partial charge in [-0.05, 0) is 47.9 Å². The summed E-state index contributed by atoms with van der Waals surface area (Å²) >= 11 is 5.78. The Bertz CT molecular complexity index is 626. The molecule has 0 aromatic heterocycles. The Labute approximate surface area is 119 Å². The van der Waals surface area contributed by atoms with E-state index in [1.807, 2.05) is 0 Å². The van der Waals surface area contributed by atoms with Crippen LogP contribution in [-0.4, -0.2) is 11.1 Å². The third-order valence-electron chi connectivity index (χ3n) is 3.00. The second-order valence-electron chi connectivity index (χ2n) is 4.38. The lowest BCUT2D eigenvalue weighted by molar-refractivity contribution is -0.138. The van der Waals surface area contributed by atoms with Gasteiger partial charge in [-0.3, -0.25) is 4.79 Å². The lowest BCUT2D eigenvalue weighted by atomic mass is 9.92. The van der Waals surface area contributed by atoms with Gasteiger partial charge in [-0.15, -0.1) is 0 Å². The molecule has 5 heteroatoms. The summed E-state index contributed by atoms with van der Waals surface area (Å²) in [4.78, 5) is 11.3. The molecule has 0 saturated heterocycles. The van der Waals surface area contributed by atoms with Crippen LogP contribution in [0.3, 0.4) is 0 Å². The molecule has 0 fully saturated rings. The normalized spacial score (nSPS) is 12.2. The third kappa shape index (κ3) is 3.33. The molecular weight excluding hydrogens is 286 g/mol. The number of benzene rings is 2. The van der Waals surface area contributed by atoms with E-state index in [-0.39, 0.29) is 12.0 Å². The molecule has 0 aliphatic rings. The first kappa shape index (κ1) is 14.5. The molecular formula is C15H11ClF2O2. The maximum atomic E-state index is 13.7. The summed E-state index contributed by atoms with van der Waals surface area (Å²) in [5, 5.41) is 9.61. The molecule has 0 radical (unpaired) electrons. The molecule has 2 aromatic rings. The van der Waals surface area contributed by atoms with Gasteiger partial charge in [0.05, 0.1) is 5.92 Å². The second kappa shape index (κ2) is 6.01. The first-order valence-corrected chi connectivity index (χ1v) is 6.27. The molecule has 2 rings (SSSR count). The van der Waals surface area contributed by atoms with E-state index >= 15 is 0 Å². The van der Waals surface area contributed by atoms with Crippen molar-refractivity contribution in [2.24, 2.45) is 0 Å². The number of rotatable bonds is 4. The maximum absolute atomic E-state index is 13.7. The van der Waals surface area contributed by atoms with Crippen molar-refractivity contribution in [2.75, 3.05) is 0 Å². The molecule has 0 heterocycles. The first-order chi connectivity index (χ1) is 9.47. The molecule has 1 atom stereocenters. The largest absolute Gasteiger partial charge is 0.481 e. The summed E-state index contributed by atoms with van der Waals surface area (Å²) in [6, 6.07) is 9.12. The summed E-state index contributed by atoms with van der Waals surface area (Å²) in [7, 11) is 0. The molecule has 2 aromatic carbocycles. The predicted molar refractivity (Wildman–Crippen MR) is 71.9 cm³/mol. The molecule has 104 valence electrons. The fourth-order valence-corrected chi connectivity index (χ4v) is 2.16. The lowest BCUT2D eigenvalue weighted by Gasteiger charge is -2.13. The van der Waals surface area contributed by atoms with Gasteiger partial charge in [0, 0.05) is 5.02 Å². The van der Waals surface area contributed by atoms with E-state index in [2.05, 4.69) is 0 Å². The smallest absolute Gasteiger partial charge is 0.311 e. The van der Waals surface area contributed by atoms with Crippen LogP contribution in [-0.2, 0) is 11.2 Å². The van der Waals surface area contributed by atoms with Gasteiger partial charge in [-0.25, -0.2) is 8.78 Å². The van der Waals surface area contributed by atoms with E-state index in [4.69, 9.17) is 11.6 Å². The quantitative estimate of drug-likeness (QED) is 0.925. The first-order valence-electron chi connectivity index (χ1n) is 5.89. The Morgan fingerprint density at radius 2 is 1.80 bits per heavy atom. The molecule has 0 bridgehead atoms. The van der Waals surface area contributed by atoms with Crippen molar-refractivity contribution in [2.45, 2.75) is 12.3 Å². The monoisotopic (exact) mass is 296 g/mol. The van der Waals surface area contributed by atoms with Gasteiger partial charge in [0.2, 0.25) is 0 Å². The van der Waals surface area contributed by atoms with Crippen molar-refractivity contribution >= 4 is 17.6 Å². The number of hydrogen-bond acceptors (Lipinski definition) is 1. The minimum Gasteiger partial charge on any atom is -0.481 e. The van der Waals surface area contributed by atoms with E-state index in [1.54, 1.807) is 0 Å². The zero-order valence-corrected chi connectivity index (χ0v) is 11.1. The van der Waals surface area contributed by atoms with Gasteiger partial charge in [-0.2, -0.15) is 0 Å². The summed E-state index contributed by atoms with van der Waals surface area (Å²) in [5.74, 6) is -3.02. The molecule has 2 nitrogen and oxygen atoms in total. The highest BCUT2D eigenvalue weighted by Crippen LogP contribution is 2.25.